The molecule has 1 N–H and O–H groups in total. The first-order chi connectivity index (χ1) is 14.3. The second kappa shape index (κ2) is 10.6. The van der Waals surface area contributed by atoms with E-state index in [1.165, 1.54) is 10.4 Å². The number of amides is 1. The van der Waals surface area contributed by atoms with Crippen molar-refractivity contribution in [3.8, 4) is 5.75 Å². The minimum Gasteiger partial charge on any atom is -0.491 e. The van der Waals surface area contributed by atoms with Crippen molar-refractivity contribution in [1.82, 2.24) is 9.80 Å². The summed E-state index contributed by atoms with van der Waals surface area (Å²) in [5.74, 6) is 1.24. The summed E-state index contributed by atoms with van der Waals surface area (Å²) in [4.78, 5) is 18.6. The minimum atomic E-state index is -0.467. The molecule has 2 atom stereocenters. The van der Waals surface area contributed by atoms with Crippen LogP contribution in [0.2, 0.25) is 5.02 Å². The molecule has 2 aromatic rings. The Labute approximate surface area is 188 Å². The number of hydrogen-bond acceptors (Lipinski definition) is 5. The van der Waals surface area contributed by atoms with E-state index < -0.39 is 6.10 Å². The van der Waals surface area contributed by atoms with Crippen molar-refractivity contribution in [2.45, 2.75) is 39.3 Å². The minimum absolute atomic E-state index is 0.0813. The smallest absolute Gasteiger partial charge is 0.237 e. The molecule has 3 rings (SSSR count). The van der Waals surface area contributed by atoms with Crippen LogP contribution in [0.3, 0.4) is 0 Å². The summed E-state index contributed by atoms with van der Waals surface area (Å²) in [6.07, 6.45) is 0.405. The molecule has 5 nitrogen and oxygen atoms in total. The second-order valence-electron chi connectivity index (χ2n) is 8.35. The first-order valence-corrected chi connectivity index (χ1v) is 11.7. The molecule has 2 heterocycles. The topological polar surface area (TPSA) is 53.0 Å². The first kappa shape index (κ1) is 23.1. The van der Waals surface area contributed by atoms with E-state index in [9.17, 15) is 9.90 Å². The Balaban J connectivity index is 1.73. The molecule has 1 aliphatic rings. The van der Waals surface area contributed by atoms with E-state index in [-0.39, 0.29) is 11.9 Å². The average Bonchev–Trinajstić information content (AvgIpc) is 3.15. The predicted molar refractivity (Wildman–Crippen MR) is 122 cm³/mol. The van der Waals surface area contributed by atoms with Crippen molar-refractivity contribution in [3.63, 3.8) is 0 Å². The molecule has 1 aliphatic heterocycles. The number of fused-ring (bicyclic) bond motifs is 1. The van der Waals surface area contributed by atoms with Gasteiger partial charge >= 0.3 is 0 Å². The third kappa shape index (κ3) is 6.20. The van der Waals surface area contributed by atoms with Crippen molar-refractivity contribution in [1.29, 1.82) is 0 Å². The van der Waals surface area contributed by atoms with Crippen LogP contribution in [-0.2, 0) is 11.2 Å². The zero-order valence-electron chi connectivity index (χ0n) is 17.9. The van der Waals surface area contributed by atoms with E-state index in [2.05, 4.69) is 30.2 Å². The van der Waals surface area contributed by atoms with E-state index in [0.717, 1.165) is 18.7 Å². The maximum absolute atomic E-state index is 13.3. The van der Waals surface area contributed by atoms with E-state index in [0.29, 0.717) is 37.2 Å². The standard InChI is InChI=1S/C23H31ClN2O3S/c1-16(2)12-25(13-17(3)27)14-23(28)26-10-8-22-20(9-11-30-22)21(26)15-29-19-6-4-18(24)5-7-19/h4-7,9,11,16-17,21,27H,8,10,12-15H2,1-3H3. The third-order valence-electron chi connectivity index (χ3n) is 5.14. The lowest BCUT2D eigenvalue weighted by molar-refractivity contribution is -0.136. The van der Waals surface area contributed by atoms with Crippen LogP contribution in [-0.4, -0.2) is 59.7 Å². The molecule has 0 radical (unpaired) electrons. The summed E-state index contributed by atoms with van der Waals surface area (Å²) in [6.45, 7) is 8.68. The Bertz CT molecular complexity index is 812. The zero-order chi connectivity index (χ0) is 21.7. The molecule has 0 bridgehead atoms. The Morgan fingerprint density at radius 1 is 1.27 bits per heavy atom. The molecule has 2 unspecified atom stereocenters. The SMILES string of the molecule is CC(C)CN(CC(=O)N1CCc2sccc2C1COc1ccc(Cl)cc1)CC(C)O. The van der Waals surface area contributed by atoms with Gasteiger partial charge in [-0.05, 0) is 60.5 Å². The highest BCUT2D eigenvalue weighted by Gasteiger charge is 2.33. The second-order valence-corrected chi connectivity index (χ2v) is 9.79. The Morgan fingerprint density at radius 2 is 2.00 bits per heavy atom. The lowest BCUT2D eigenvalue weighted by atomic mass is 10.0. The number of hydrogen-bond donors (Lipinski definition) is 1. The number of rotatable bonds is 9. The van der Waals surface area contributed by atoms with Crippen molar-refractivity contribution in [2.75, 3.05) is 32.8 Å². The average molecular weight is 451 g/mol. The molecule has 30 heavy (non-hydrogen) atoms. The molecule has 1 aromatic carbocycles. The van der Waals surface area contributed by atoms with Gasteiger partial charge in [0.25, 0.3) is 0 Å². The van der Waals surface area contributed by atoms with Gasteiger partial charge in [0, 0.05) is 29.5 Å². The lowest BCUT2D eigenvalue weighted by Crippen LogP contribution is -2.48. The normalized spacial score (nSPS) is 17.3. The number of benzene rings is 1. The first-order valence-electron chi connectivity index (χ1n) is 10.5. The Kier molecular flexibility index (Phi) is 8.17. The molecule has 164 valence electrons. The van der Waals surface area contributed by atoms with Crippen molar-refractivity contribution < 1.29 is 14.6 Å². The number of thiophene rings is 1. The third-order valence-corrected chi connectivity index (χ3v) is 6.39. The quantitative estimate of drug-likeness (QED) is 0.620. The molecule has 0 aliphatic carbocycles. The fraction of sp³-hybridized carbons (Fsp3) is 0.522. The van der Waals surface area contributed by atoms with Crippen LogP contribution in [0.15, 0.2) is 35.7 Å². The number of carbonyl (C=O) groups is 1. The number of aliphatic hydroxyl groups excluding tert-OH is 1. The number of nitrogens with zero attached hydrogens (tertiary/aromatic N) is 2. The highest BCUT2D eigenvalue weighted by molar-refractivity contribution is 7.10. The summed E-state index contributed by atoms with van der Waals surface area (Å²) in [5, 5.41) is 12.6. The molecule has 0 saturated heterocycles. The summed E-state index contributed by atoms with van der Waals surface area (Å²) in [5.41, 5.74) is 1.18. The van der Waals surface area contributed by atoms with E-state index >= 15 is 0 Å². The van der Waals surface area contributed by atoms with Gasteiger partial charge in [-0.3, -0.25) is 9.69 Å². The summed E-state index contributed by atoms with van der Waals surface area (Å²) >= 11 is 7.71. The molecular weight excluding hydrogens is 420 g/mol. The fourth-order valence-corrected chi connectivity index (χ4v) is 5.01. The van der Waals surface area contributed by atoms with E-state index in [1.807, 2.05) is 17.0 Å². The largest absolute Gasteiger partial charge is 0.491 e. The van der Waals surface area contributed by atoms with Crippen LogP contribution >= 0.6 is 22.9 Å². The highest BCUT2D eigenvalue weighted by Crippen LogP contribution is 2.34. The Hall–Kier alpha value is -1.60. The number of ether oxygens (including phenoxy) is 1. The highest BCUT2D eigenvalue weighted by atomic mass is 35.5. The molecular formula is C23H31ClN2O3S. The number of halogens is 1. The van der Waals surface area contributed by atoms with Crippen LogP contribution in [0, 0.1) is 5.92 Å². The maximum Gasteiger partial charge on any atom is 0.237 e. The van der Waals surface area contributed by atoms with Crippen LogP contribution in [0.1, 0.15) is 37.3 Å². The zero-order valence-corrected chi connectivity index (χ0v) is 19.5. The predicted octanol–water partition coefficient (Wildman–Crippen LogP) is 4.25. The van der Waals surface area contributed by atoms with Gasteiger partial charge in [0.2, 0.25) is 5.91 Å². The van der Waals surface area contributed by atoms with E-state index in [1.54, 1.807) is 30.4 Å². The number of aliphatic hydroxyl groups is 1. The van der Waals surface area contributed by atoms with Gasteiger partial charge < -0.3 is 14.7 Å². The molecule has 1 aromatic heterocycles. The van der Waals surface area contributed by atoms with E-state index in [4.69, 9.17) is 16.3 Å². The van der Waals surface area contributed by atoms with Gasteiger partial charge in [-0.1, -0.05) is 25.4 Å². The van der Waals surface area contributed by atoms with Gasteiger partial charge in [-0.15, -0.1) is 11.3 Å². The van der Waals surface area contributed by atoms with Crippen LogP contribution in [0.25, 0.3) is 0 Å². The lowest BCUT2D eigenvalue weighted by Gasteiger charge is -2.37. The van der Waals surface area contributed by atoms with Gasteiger partial charge in [0.15, 0.2) is 0 Å². The van der Waals surface area contributed by atoms with Gasteiger partial charge in [0.1, 0.15) is 12.4 Å². The van der Waals surface area contributed by atoms with Crippen molar-refractivity contribution >= 4 is 28.8 Å². The summed E-state index contributed by atoms with van der Waals surface area (Å²) in [7, 11) is 0. The van der Waals surface area contributed by atoms with Crippen LogP contribution in [0.4, 0.5) is 0 Å². The summed E-state index contributed by atoms with van der Waals surface area (Å²) < 4.78 is 6.04. The monoisotopic (exact) mass is 450 g/mol. The van der Waals surface area contributed by atoms with Crippen LogP contribution in [0.5, 0.6) is 5.75 Å². The van der Waals surface area contributed by atoms with Gasteiger partial charge in [-0.25, -0.2) is 0 Å². The molecule has 0 spiro atoms. The fourth-order valence-electron chi connectivity index (χ4n) is 3.96. The van der Waals surface area contributed by atoms with Crippen molar-refractivity contribution in [3.05, 3.63) is 51.2 Å². The molecule has 0 fully saturated rings. The van der Waals surface area contributed by atoms with Gasteiger partial charge in [0.05, 0.1) is 18.7 Å². The maximum atomic E-state index is 13.3. The molecule has 1 amide bonds. The molecule has 7 heteroatoms. The number of carbonyl (C=O) groups excluding carboxylic acids is 1. The molecule has 0 saturated carbocycles. The van der Waals surface area contributed by atoms with Gasteiger partial charge in [-0.2, -0.15) is 0 Å². The van der Waals surface area contributed by atoms with Crippen molar-refractivity contribution in [2.24, 2.45) is 5.92 Å². The van der Waals surface area contributed by atoms with Crippen LogP contribution < -0.4 is 4.74 Å². The Morgan fingerprint density at radius 3 is 2.67 bits per heavy atom. The summed E-state index contributed by atoms with van der Waals surface area (Å²) in [6, 6.07) is 9.29.